The standard InChI is InChI=1S/C22H28N2O3S/c1-17(23-21(25)16-28-20-10-8-19(26-2)9-11-20)22(18-6-4-3-5-7-18)24-12-14-27-15-13-24/h3-11,17,22H,12-16H2,1-2H3,(H,23,25)/t17-,22+/m0/s1. The number of amides is 1. The molecule has 1 aliphatic rings. The van der Waals surface area contributed by atoms with Gasteiger partial charge in [0.15, 0.2) is 0 Å². The highest BCUT2D eigenvalue weighted by molar-refractivity contribution is 8.00. The third-order valence-corrected chi connectivity index (χ3v) is 5.88. The summed E-state index contributed by atoms with van der Waals surface area (Å²) in [7, 11) is 1.65. The van der Waals surface area contributed by atoms with Gasteiger partial charge in [0, 0.05) is 24.0 Å². The number of rotatable bonds is 8. The Morgan fingerprint density at radius 3 is 2.46 bits per heavy atom. The van der Waals surface area contributed by atoms with Crippen LogP contribution in [-0.2, 0) is 9.53 Å². The van der Waals surface area contributed by atoms with Crippen LogP contribution in [0.15, 0.2) is 59.5 Å². The first-order valence-electron chi connectivity index (χ1n) is 9.60. The Hall–Kier alpha value is -2.02. The number of carbonyl (C=O) groups excluding carboxylic acids is 1. The SMILES string of the molecule is COc1ccc(SCC(=O)N[C@@H](C)[C@H](c2ccccc2)N2CCOCC2)cc1. The lowest BCUT2D eigenvalue weighted by Gasteiger charge is -2.38. The van der Waals surface area contributed by atoms with Gasteiger partial charge in [0.25, 0.3) is 0 Å². The molecule has 1 saturated heterocycles. The lowest BCUT2D eigenvalue weighted by molar-refractivity contribution is -0.119. The summed E-state index contributed by atoms with van der Waals surface area (Å²) >= 11 is 1.53. The van der Waals surface area contributed by atoms with E-state index in [1.807, 2.05) is 30.3 Å². The van der Waals surface area contributed by atoms with Crippen molar-refractivity contribution in [3.8, 4) is 5.75 Å². The van der Waals surface area contributed by atoms with Crippen LogP contribution < -0.4 is 10.1 Å². The molecule has 1 N–H and O–H groups in total. The van der Waals surface area contributed by atoms with Gasteiger partial charge in [0.05, 0.1) is 32.1 Å². The van der Waals surface area contributed by atoms with Crippen LogP contribution in [0.5, 0.6) is 5.75 Å². The van der Waals surface area contributed by atoms with Crippen molar-refractivity contribution >= 4 is 17.7 Å². The molecule has 2 atom stereocenters. The van der Waals surface area contributed by atoms with Gasteiger partial charge in [-0.05, 0) is 36.8 Å². The van der Waals surface area contributed by atoms with Crippen molar-refractivity contribution in [2.24, 2.45) is 0 Å². The largest absolute Gasteiger partial charge is 0.497 e. The first kappa shape index (κ1) is 20.7. The number of ether oxygens (including phenoxy) is 2. The average Bonchev–Trinajstić information content (AvgIpc) is 2.74. The molecule has 1 aliphatic heterocycles. The molecule has 2 aromatic carbocycles. The summed E-state index contributed by atoms with van der Waals surface area (Å²) in [5.74, 6) is 1.25. The molecule has 5 nitrogen and oxygen atoms in total. The Balaban J connectivity index is 1.60. The molecular formula is C22H28N2O3S. The second kappa shape index (κ2) is 10.5. The second-order valence-electron chi connectivity index (χ2n) is 6.82. The van der Waals surface area contributed by atoms with Crippen molar-refractivity contribution in [3.05, 3.63) is 60.2 Å². The van der Waals surface area contributed by atoms with Crippen LogP contribution in [0.3, 0.4) is 0 Å². The van der Waals surface area contributed by atoms with Crippen LogP contribution in [0.4, 0.5) is 0 Å². The fourth-order valence-electron chi connectivity index (χ4n) is 3.52. The zero-order chi connectivity index (χ0) is 19.8. The number of thioether (sulfide) groups is 1. The van der Waals surface area contributed by atoms with E-state index in [0.29, 0.717) is 5.75 Å². The minimum absolute atomic E-state index is 0.00414. The quantitative estimate of drug-likeness (QED) is 0.689. The first-order valence-corrected chi connectivity index (χ1v) is 10.6. The molecular weight excluding hydrogens is 372 g/mol. The van der Waals surface area contributed by atoms with Crippen LogP contribution in [0.1, 0.15) is 18.5 Å². The smallest absolute Gasteiger partial charge is 0.230 e. The Bertz CT molecular complexity index is 733. The number of nitrogens with zero attached hydrogens (tertiary/aromatic N) is 1. The van der Waals surface area contributed by atoms with Gasteiger partial charge in [0.1, 0.15) is 5.75 Å². The van der Waals surface area contributed by atoms with E-state index < -0.39 is 0 Å². The normalized spacial score (nSPS) is 16.9. The Kier molecular flexibility index (Phi) is 7.77. The van der Waals surface area contributed by atoms with E-state index in [2.05, 4.69) is 41.4 Å². The third kappa shape index (κ3) is 5.74. The van der Waals surface area contributed by atoms with Crippen molar-refractivity contribution in [2.45, 2.75) is 23.9 Å². The Labute approximate surface area is 171 Å². The van der Waals surface area contributed by atoms with Crippen molar-refractivity contribution in [3.63, 3.8) is 0 Å². The highest BCUT2D eigenvalue weighted by Crippen LogP contribution is 2.26. The molecule has 1 fully saturated rings. The number of benzene rings is 2. The van der Waals surface area contributed by atoms with Crippen molar-refractivity contribution in [2.75, 3.05) is 39.2 Å². The summed E-state index contributed by atoms with van der Waals surface area (Å²) in [5.41, 5.74) is 1.22. The monoisotopic (exact) mass is 400 g/mol. The van der Waals surface area contributed by atoms with Gasteiger partial charge in [-0.3, -0.25) is 9.69 Å². The Morgan fingerprint density at radius 2 is 1.82 bits per heavy atom. The predicted octanol–water partition coefficient (Wildman–Crippen LogP) is 3.37. The molecule has 6 heteroatoms. The van der Waals surface area contributed by atoms with Gasteiger partial charge in [-0.25, -0.2) is 0 Å². The predicted molar refractivity (Wildman–Crippen MR) is 113 cm³/mol. The van der Waals surface area contributed by atoms with Gasteiger partial charge in [-0.2, -0.15) is 0 Å². The third-order valence-electron chi connectivity index (χ3n) is 4.87. The van der Waals surface area contributed by atoms with E-state index in [-0.39, 0.29) is 18.0 Å². The number of carbonyl (C=O) groups is 1. The molecule has 3 rings (SSSR count). The summed E-state index contributed by atoms with van der Waals surface area (Å²) in [6.45, 7) is 5.30. The highest BCUT2D eigenvalue weighted by atomic mass is 32.2. The summed E-state index contributed by atoms with van der Waals surface area (Å²) in [5, 5.41) is 3.20. The fourth-order valence-corrected chi connectivity index (χ4v) is 4.23. The second-order valence-corrected chi connectivity index (χ2v) is 7.87. The summed E-state index contributed by atoms with van der Waals surface area (Å²) in [6.07, 6.45) is 0. The maximum absolute atomic E-state index is 12.6. The van der Waals surface area contributed by atoms with Gasteiger partial charge >= 0.3 is 0 Å². The number of morpholine rings is 1. The van der Waals surface area contributed by atoms with E-state index >= 15 is 0 Å². The van der Waals surface area contributed by atoms with Gasteiger partial charge < -0.3 is 14.8 Å². The molecule has 1 amide bonds. The van der Waals surface area contributed by atoms with E-state index in [1.54, 1.807) is 7.11 Å². The molecule has 150 valence electrons. The maximum Gasteiger partial charge on any atom is 0.230 e. The average molecular weight is 401 g/mol. The number of nitrogens with one attached hydrogen (secondary N) is 1. The number of hydrogen-bond acceptors (Lipinski definition) is 5. The van der Waals surface area contributed by atoms with Crippen LogP contribution in [0, 0.1) is 0 Å². The molecule has 0 radical (unpaired) electrons. The number of methoxy groups -OCH3 is 1. The van der Waals surface area contributed by atoms with E-state index in [0.717, 1.165) is 36.9 Å². The molecule has 0 aromatic heterocycles. The summed E-state index contributed by atoms with van der Waals surface area (Å²) in [4.78, 5) is 16.0. The minimum atomic E-state index is 0.00414. The maximum atomic E-state index is 12.6. The molecule has 2 aromatic rings. The summed E-state index contributed by atoms with van der Waals surface area (Å²) < 4.78 is 10.7. The van der Waals surface area contributed by atoms with Crippen LogP contribution in [0.25, 0.3) is 0 Å². The summed E-state index contributed by atoms with van der Waals surface area (Å²) in [6, 6.07) is 18.3. The lowest BCUT2D eigenvalue weighted by Crippen LogP contribution is -2.48. The Morgan fingerprint density at radius 1 is 1.14 bits per heavy atom. The van der Waals surface area contributed by atoms with Crippen molar-refractivity contribution in [1.82, 2.24) is 10.2 Å². The molecule has 0 spiro atoms. The molecule has 28 heavy (non-hydrogen) atoms. The lowest BCUT2D eigenvalue weighted by atomic mass is 9.98. The van der Waals surface area contributed by atoms with Crippen molar-refractivity contribution < 1.29 is 14.3 Å². The number of hydrogen-bond donors (Lipinski definition) is 1. The van der Waals surface area contributed by atoms with E-state index in [4.69, 9.17) is 9.47 Å². The van der Waals surface area contributed by atoms with Gasteiger partial charge in [-0.15, -0.1) is 11.8 Å². The van der Waals surface area contributed by atoms with Gasteiger partial charge in [-0.1, -0.05) is 30.3 Å². The van der Waals surface area contributed by atoms with Gasteiger partial charge in [0.2, 0.25) is 5.91 Å². The highest BCUT2D eigenvalue weighted by Gasteiger charge is 2.28. The fraction of sp³-hybridized carbons (Fsp3) is 0.409. The van der Waals surface area contributed by atoms with Crippen LogP contribution >= 0.6 is 11.8 Å². The van der Waals surface area contributed by atoms with E-state index in [1.165, 1.54) is 17.3 Å². The minimum Gasteiger partial charge on any atom is -0.497 e. The van der Waals surface area contributed by atoms with Crippen molar-refractivity contribution in [1.29, 1.82) is 0 Å². The van der Waals surface area contributed by atoms with Crippen LogP contribution in [0.2, 0.25) is 0 Å². The molecule has 1 heterocycles. The zero-order valence-electron chi connectivity index (χ0n) is 16.5. The zero-order valence-corrected chi connectivity index (χ0v) is 17.3. The van der Waals surface area contributed by atoms with E-state index in [9.17, 15) is 4.79 Å². The first-order chi connectivity index (χ1) is 13.7. The molecule has 0 unspecified atom stereocenters. The molecule has 0 aliphatic carbocycles. The molecule has 0 bridgehead atoms. The van der Waals surface area contributed by atoms with Crippen LogP contribution in [-0.4, -0.2) is 56.0 Å². The molecule has 0 saturated carbocycles. The topological polar surface area (TPSA) is 50.8 Å².